The first kappa shape index (κ1) is 18.9. The van der Waals surface area contributed by atoms with Gasteiger partial charge in [-0.2, -0.15) is 0 Å². The molecule has 0 fully saturated rings. The van der Waals surface area contributed by atoms with Crippen molar-refractivity contribution in [1.82, 2.24) is 0 Å². The normalized spacial score (nSPS) is 10.0. The summed E-state index contributed by atoms with van der Waals surface area (Å²) < 4.78 is 10.3. The highest BCUT2D eigenvalue weighted by Crippen LogP contribution is 2.17. The number of nitro groups is 1. The molecule has 2 aromatic rings. The Kier molecular flexibility index (Phi) is 6.67. The van der Waals surface area contributed by atoms with E-state index in [2.05, 4.69) is 5.32 Å². The molecule has 0 heterocycles. The summed E-state index contributed by atoms with van der Waals surface area (Å²) in [5.41, 5.74) is 1.15. The number of nitrogens with zero attached hydrogens (tertiary/aromatic N) is 1. The number of non-ortho nitro benzene ring substituents is 1. The van der Waals surface area contributed by atoms with Crippen molar-refractivity contribution in [2.24, 2.45) is 0 Å². The van der Waals surface area contributed by atoms with Crippen LogP contribution >= 0.6 is 0 Å². The molecule has 0 aliphatic carbocycles. The van der Waals surface area contributed by atoms with Crippen molar-refractivity contribution in [2.75, 3.05) is 18.5 Å². The van der Waals surface area contributed by atoms with Crippen LogP contribution in [-0.4, -0.2) is 30.0 Å². The molecule has 0 saturated carbocycles. The number of benzene rings is 2. The Balaban J connectivity index is 1.70. The Bertz CT molecular complexity index is 806. The second-order valence-corrected chi connectivity index (χ2v) is 5.43. The van der Waals surface area contributed by atoms with Crippen LogP contribution in [-0.2, 0) is 14.3 Å². The molecular weight excluding hydrogens is 340 g/mol. The second kappa shape index (κ2) is 9.16. The van der Waals surface area contributed by atoms with E-state index >= 15 is 0 Å². The number of hydrogen-bond acceptors (Lipinski definition) is 6. The minimum absolute atomic E-state index is 0.00195. The molecule has 1 N–H and O–H groups in total. The van der Waals surface area contributed by atoms with Gasteiger partial charge >= 0.3 is 5.97 Å². The van der Waals surface area contributed by atoms with Gasteiger partial charge in [-0.1, -0.05) is 18.2 Å². The van der Waals surface area contributed by atoms with E-state index < -0.39 is 23.4 Å². The fourth-order valence-corrected chi connectivity index (χ4v) is 2.07. The molecule has 0 radical (unpaired) electrons. The third-order valence-electron chi connectivity index (χ3n) is 3.27. The van der Waals surface area contributed by atoms with E-state index in [1.165, 1.54) is 24.3 Å². The quantitative estimate of drug-likeness (QED) is 0.442. The summed E-state index contributed by atoms with van der Waals surface area (Å²) in [6.45, 7) is 1.59. The number of carbonyl (C=O) groups is 2. The van der Waals surface area contributed by atoms with Gasteiger partial charge in [0.15, 0.2) is 6.61 Å². The van der Waals surface area contributed by atoms with Gasteiger partial charge in [-0.15, -0.1) is 0 Å². The van der Waals surface area contributed by atoms with Crippen LogP contribution in [0.15, 0.2) is 48.5 Å². The number of ether oxygens (including phenoxy) is 2. The first-order chi connectivity index (χ1) is 12.4. The minimum Gasteiger partial charge on any atom is -0.493 e. The SMILES string of the molecule is Cc1cccc(OCCC(=O)OCC(=O)Nc2cccc([N+](=O)[O-])c2)c1. The van der Waals surface area contributed by atoms with E-state index in [-0.39, 0.29) is 24.4 Å². The molecule has 0 aromatic heterocycles. The molecule has 0 aliphatic heterocycles. The van der Waals surface area contributed by atoms with E-state index in [9.17, 15) is 19.7 Å². The average Bonchev–Trinajstić information content (AvgIpc) is 2.60. The van der Waals surface area contributed by atoms with Crippen LogP contribution in [0.5, 0.6) is 5.75 Å². The summed E-state index contributed by atoms with van der Waals surface area (Å²) in [6.07, 6.45) is -0.00195. The molecule has 0 aliphatic rings. The molecular formula is C18H18N2O6. The molecule has 1 amide bonds. The van der Waals surface area contributed by atoms with Gasteiger partial charge in [-0.25, -0.2) is 0 Å². The smallest absolute Gasteiger partial charge is 0.309 e. The van der Waals surface area contributed by atoms with E-state index in [0.29, 0.717) is 5.75 Å². The van der Waals surface area contributed by atoms with Gasteiger partial charge in [-0.3, -0.25) is 19.7 Å². The molecule has 2 rings (SSSR count). The van der Waals surface area contributed by atoms with Crippen LogP contribution in [0, 0.1) is 17.0 Å². The van der Waals surface area contributed by atoms with Crippen molar-refractivity contribution in [3.05, 3.63) is 64.2 Å². The molecule has 0 spiro atoms. The Morgan fingerprint density at radius 1 is 1.15 bits per heavy atom. The summed E-state index contributed by atoms with van der Waals surface area (Å²) in [5.74, 6) is -0.508. The van der Waals surface area contributed by atoms with Crippen LogP contribution in [0.1, 0.15) is 12.0 Å². The molecule has 0 bridgehead atoms. The van der Waals surface area contributed by atoms with Gasteiger partial charge in [0, 0.05) is 17.8 Å². The third-order valence-corrected chi connectivity index (χ3v) is 3.27. The van der Waals surface area contributed by atoms with Crippen LogP contribution < -0.4 is 10.1 Å². The highest BCUT2D eigenvalue weighted by Gasteiger charge is 2.11. The molecule has 0 atom stereocenters. The van der Waals surface area contributed by atoms with Crippen molar-refractivity contribution < 1.29 is 24.0 Å². The Hall–Kier alpha value is -3.42. The maximum absolute atomic E-state index is 11.7. The fourth-order valence-electron chi connectivity index (χ4n) is 2.07. The number of hydrogen-bond donors (Lipinski definition) is 1. The summed E-state index contributed by atoms with van der Waals surface area (Å²) in [7, 11) is 0. The second-order valence-electron chi connectivity index (χ2n) is 5.43. The summed E-state index contributed by atoms with van der Waals surface area (Å²) in [5, 5.41) is 13.1. The minimum atomic E-state index is -0.585. The largest absolute Gasteiger partial charge is 0.493 e. The van der Waals surface area contributed by atoms with Crippen LogP contribution in [0.4, 0.5) is 11.4 Å². The Morgan fingerprint density at radius 3 is 2.65 bits per heavy atom. The van der Waals surface area contributed by atoms with Crippen LogP contribution in [0.3, 0.4) is 0 Å². The maximum Gasteiger partial charge on any atom is 0.309 e. The Labute approximate surface area is 149 Å². The molecule has 0 unspecified atom stereocenters. The molecule has 8 nitrogen and oxygen atoms in total. The Morgan fingerprint density at radius 2 is 1.92 bits per heavy atom. The van der Waals surface area contributed by atoms with Gasteiger partial charge in [0.25, 0.3) is 11.6 Å². The van der Waals surface area contributed by atoms with E-state index in [1.807, 2.05) is 25.1 Å². The van der Waals surface area contributed by atoms with Gasteiger partial charge in [-0.05, 0) is 30.7 Å². The summed E-state index contributed by atoms with van der Waals surface area (Å²) >= 11 is 0. The van der Waals surface area contributed by atoms with E-state index in [1.54, 1.807) is 6.07 Å². The van der Waals surface area contributed by atoms with Gasteiger partial charge in [0.2, 0.25) is 0 Å². The molecule has 0 saturated heterocycles. The van der Waals surface area contributed by atoms with E-state index in [4.69, 9.17) is 9.47 Å². The number of aryl methyl sites for hydroxylation is 1. The van der Waals surface area contributed by atoms with Gasteiger partial charge in [0.1, 0.15) is 5.75 Å². The molecule has 2 aromatic carbocycles. The predicted molar refractivity (Wildman–Crippen MR) is 94.0 cm³/mol. The van der Waals surface area contributed by atoms with Crippen molar-refractivity contribution >= 4 is 23.3 Å². The zero-order chi connectivity index (χ0) is 18.9. The van der Waals surface area contributed by atoms with Crippen molar-refractivity contribution in [3.8, 4) is 5.75 Å². The summed E-state index contributed by atoms with van der Waals surface area (Å²) in [6, 6.07) is 12.9. The zero-order valence-electron chi connectivity index (χ0n) is 14.1. The average molecular weight is 358 g/mol. The van der Waals surface area contributed by atoms with Crippen molar-refractivity contribution in [1.29, 1.82) is 0 Å². The number of esters is 1. The predicted octanol–water partition coefficient (Wildman–Crippen LogP) is 2.85. The van der Waals surface area contributed by atoms with Gasteiger partial charge in [0.05, 0.1) is 18.0 Å². The lowest BCUT2D eigenvalue weighted by Gasteiger charge is -2.08. The topological polar surface area (TPSA) is 108 Å². The first-order valence-corrected chi connectivity index (χ1v) is 7.83. The number of anilines is 1. The number of nitro benzene ring substituents is 1. The number of rotatable bonds is 8. The monoisotopic (exact) mass is 358 g/mol. The third kappa shape index (κ3) is 6.23. The molecule has 136 valence electrons. The standard InChI is InChI=1S/C18H18N2O6/c1-13-4-2-7-16(10-13)25-9-8-18(22)26-12-17(21)19-14-5-3-6-15(11-14)20(23)24/h2-7,10-11H,8-9,12H2,1H3,(H,19,21). The van der Waals surface area contributed by atoms with Gasteiger partial charge < -0.3 is 14.8 Å². The lowest BCUT2D eigenvalue weighted by Crippen LogP contribution is -2.21. The highest BCUT2D eigenvalue weighted by atomic mass is 16.6. The van der Waals surface area contributed by atoms with Crippen LogP contribution in [0.25, 0.3) is 0 Å². The first-order valence-electron chi connectivity index (χ1n) is 7.83. The van der Waals surface area contributed by atoms with Crippen LogP contribution in [0.2, 0.25) is 0 Å². The van der Waals surface area contributed by atoms with E-state index in [0.717, 1.165) is 5.56 Å². The van der Waals surface area contributed by atoms with Crippen molar-refractivity contribution in [2.45, 2.75) is 13.3 Å². The number of nitrogens with one attached hydrogen (secondary N) is 1. The number of amides is 1. The lowest BCUT2D eigenvalue weighted by molar-refractivity contribution is -0.384. The molecule has 26 heavy (non-hydrogen) atoms. The fraction of sp³-hybridized carbons (Fsp3) is 0.222. The maximum atomic E-state index is 11.7. The zero-order valence-corrected chi connectivity index (χ0v) is 14.1. The van der Waals surface area contributed by atoms with Crippen molar-refractivity contribution in [3.63, 3.8) is 0 Å². The lowest BCUT2D eigenvalue weighted by atomic mass is 10.2. The number of carbonyl (C=O) groups excluding carboxylic acids is 2. The molecule has 8 heteroatoms. The highest BCUT2D eigenvalue weighted by molar-refractivity contribution is 5.93. The summed E-state index contributed by atoms with van der Waals surface area (Å²) in [4.78, 5) is 33.5.